The summed E-state index contributed by atoms with van der Waals surface area (Å²) in [7, 11) is 0. The highest BCUT2D eigenvalue weighted by molar-refractivity contribution is 5.91. The van der Waals surface area contributed by atoms with Gasteiger partial charge in [-0.25, -0.2) is 13.2 Å². The van der Waals surface area contributed by atoms with Crippen molar-refractivity contribution in [3.05, 3.63) is 65.5 Å². The summed E-state index contributed by atoms with van der Waals surface area (Å²) in [6.07, 6.45) is 2.00. The van der Waals surface area contributed by atoms with Gasteiger partial charge in [-0.15, -0.1) is 0 Å². The summed E-state index contributed by atoms with van der Waals surface area (Å²) < 4.78 is 39.9. The Labute approximate surface area is 138 Å². The van der Waals surface area contributed by atoms with Crippen LogP contribution in [0.1, 0.15) is 18.4 Å². The van der Waals surface area contributed by atoms with Crippen LogP contribution in [0, 0.1) is 17.5 Å². The number of benzene rings is 2. The summed E-state index contributed by atoms with van der Waals surface area (Å²) in [6, 6.07) is 10.1. The summed E-state index contributed by atoms with van der Waals surface area (Å²) in [4.78, 5) is 13.2. The van der Waals surface area contributed by atoms with Crippen LogP contribution < -0.4 is 10.2 Å². The van der Waals surface area contributed by atoms with Gasteiger partial charge in [0.2, 0.25) is 0 Å². The molecule has 3 rings (SSSR count). The predicted molar refractivity (Wildman–Crippen MR) is 83.9 cm³/mol. The van der Waals surface area contributed by atoms with Crippen molar-refractivity contribution in [1.29, 1.82) is 0 Å². The van der Waals surface area contributed by atoms with Crippen LogP contribution in [-0.4, -0.2) is 18.5 Å². The molecule has 1 fully saturated rings. The van der Waals surface area contributed by atoms with Crippen LogP contribution in [0.25, 0.3) is 0 Å². The molecular weight excluding hydrogens is 317 g/mol. The molecule has 0 spiro atoms. The molecule has 24 heavy (non-hydrogen) atoms. The van der Waals surface area contributed by atoms with Crippen LogP contribution in [0.3, 0.4) is 0 Å². The molecule has 0 bridgehead atoms. The monoisotopic (exact) mass is 335 g/mol. The molecule has 2 N–H and O–H groups in total. The molecule has 2 aromatic rings. The second kappa shape index (κ2) is 7.05. The van der Waals surface area contributed by atoms with Crippen LogP contribution in [0.4, 0.5) is 18.9 Å². The van der Waals surface area contributed by atoms with Gasteiger partial charge in [0, 0.05) is 30.2 Å². The largest absolute Gasteiger partial charge is 0.321 e. The summed E-state index contributed by atoms with van der Waals surface area (Å²) >= 11 is 0. The Morgan fingerprint density at radius 2 is 1.79 bits per heavy atom. The number of carbonyl (C=O) groups is 1. The number of hydrogen-bond donors (Lipinski definition) is 2. The number of halogens is 3. The fraction of sp³-hybridized carbons (Fsp3) is 0.278. The zero-order valence-electron chi connectivity index (χ0n) is 13.0. The van der Waals surface area contributed by atoms with Gasteiger partial charge in [-0.1, -0.05) is 18.2 Å². The minimum absolute atomic E-state index is 0.151. The number of hydrogen-bond acceptors (Lipinski definition) is 1. The highest BCUT2D eigenvalue weighted by atomic mass is 19.2. The van der Waals surface area contributed by atoms with Crippen molar-refractivity contribution in [3.63, 3.8) is 0 Å². The molecule has 0 aliphatic heterocycles. The maximum Gasteiger partial charge on any atom is 0.279 e. The third-order valence-electron chi connectivity index (χ3n) is 4.12. The molecule has 1 aliphatic rings. The molecule has 126 valence electrons. The second-order valence-corrected chi connectivity index (χ2v) is 6.05. The Morgan fingerprint density at radius 3 is 2.46 bits per heavy atom. The molecule has 3 nitrogen and oxygen atoms in total. The van der Waals surface area contributed by atoms with E-state index in [1.165, 1.54) is 12.1 Å². The number of anilines is 1. The van der Waals surface area contributed by atoms with Crippen LogP contribution in [0.15, 0.2) is 42.5 Å². The standard InChI is InChI=1S/C18H17F3N2O/c19-15-4-2-1-3-12(15)10-23(14-6-7-14)11-18(24)22-13-5-8-16(20)17(21)9-13/h1-5,8-9,14H,6-7,10-11H2,(H,22,24)/p+1. The molecule has 2 aromatic carbocycles. The van der Waals surface area contributed by atoms with Gasteiger partial charge in [-0.3, -0.25) is 4.79 Å². The van der Waals surface area contributed by atoms with E-state index in [1.54, 1.807) is 18.2 Å². The van der Waals surface area contributed by atoms with Gasteiger partial charge in [0.25, 0.3) is 5.91 Å². The lowest BCUT2D eigenvalue weighted by atomic mass is 10.2. The topological polar surface area (TPSA) is 33.5 Å². The molecule has 0 saturated heterocycles. The second-order valence-electron chi connectivity index (χ2n) is 6.05. The SMILES string of the molecule is O=C(C[NH+](Cc1ccccc1F)C1CC1)Nc1ccc(F)c(F)c1. The number of carbonyl (C=O) groups excluding carboxylic acids is 1. The third kappa shape index (κ3) is 4.14. The number of nitrogens with one attached hydrogen (secondary N) is 2. The third-order valence-corrected chi connectivity index (χ3v) is 4.12. The lowest BCUT2D eigenvalue weighted by Gasteiger charge is -2.19. The van der Waals surface area contributed by atoms with Crippen LogP contribution in [0.5, 0.6) is 0 Å². The molecule has 1 unspecified atom stereocenters. The Morgan fingerprint density at radius 1 is 1.04 bits per heavy atom. The molecule has 1 atom stereocenters. The molecule has 1 amide bonds. The fourth-order valence-electron chi connectivity index (χ4n) is 2.71. The van der Waals surface area contributed by atoms with Crippen molar-refractivity contribution in [2.75, 3.05) is 11.9 Å². The van der Waals surface area contributed by atoms with E-state index in [-0.39, 0.29) is 24.0 Å². The Balaban J connectivity index is 1.64. The Hall–Kier alpha value is -2.34. The van der Waals surface area contributed by atoms with Crippen molar-refractivity contribution >= 4 is 11.6 Å². The van der Waals surface area contributed by atoms with E-state index in [4.69, 9.17) is 0 Å². The predicted octanol–water partition coefficient (Wildman–Crippen LogP) is 2.29. The Bertz CT molecular complexity index is 747. The molecule has 0 heterocycles. The maximum absolute atomic E-state index is 13.8. The minimum Gasteiger partial charge on any atom is -0.321 e. The first-order valence-corrected chi connectivity index (χ1v) is 7.86. The average Bonchev–Trinajstić information content (AvgIpc) is 3.37. The first kappa shape index (κ1) is 16.5. The molecular formula is C18H18F3N2O+. The van der Waals surface area contributed by atoms with Crippen LogP contribution >= 0.6 is 0 Å². The average molecular weight is 335 g/mol. The number of rotatable bonds is 6. The van der Waals surface area contributed by atoms with E-state index in [2.05, 4.69) is 5.32 Å². The maximum atomic E-state index is 13.8. The van der Waals surface area contributed by atoms with Gasteiger partial charge in [0.05, 0.1) is 6.04 Å². The summed E-state index contributed by atoms with van der Waals surface area (Å²) in [5.74, 6) is -2.56. The van der Waals surface area contributed by atoms with Crippen LogP contribution in [0.2, 0.25) is 0 Å². The van der Waals surface area contributed by atoms with E-state index >= 15 is 0 Å². The van der Waals surface area contributed by atoms with E-state index in [1.807, 2.05) is 0 Å². The van der Waals surface area contributed by atoms with Crippen molar-refractivity contribution in [1.82, 2.24) is 0 Å². The zero-order chi connectivity index (χ0) is 17.1. The quantitative estimate of drug-likeness (QED) is 0.834. The van der Waals surface area contributed by atoms with Crippen molar-refractivity contribution in [2.45, 2.75) is 25.4 Å². The van der Waals surface area contributed by atoms with Crippen LogP contribution in [-0.2, 0) is 11.3 Å². The highest BCUT2D eigenvalue weighted by Crippen LogP contribution is 2.17. The lowest BCUT2D eigenvalue weighted by molar-refractivity contribution is -0.917. The minimum atomic E-state index is -1.01. The van der Waals surface area contributed by atoms with Gasteiger partial charge >= 0.3 is 0 Å². The highest BCUT2D eigenvalue weighted by Gasteiger charge is 2.35. The van der Waals surface area contributed by atoms with Crippen molar-refractivity contribution in [3.8, 4) is 0 Å². The molecule has 0 radical (unpaired) electrons. The van der Waals surface area contributed by atoms with Gasteiger partial charge in [-0.05, 0) is 18.2 Å². The van der Waals surface area contributed by atoms with E-state index < -0.39 is 11.6 Å². The summed E-state index contributed by atoms with van der Waals surface area (Å²) in [6.45, 7) is 0.570. The molecule has 6 heteroatoms. The van der Waals surface area contributed by atoms with Crippen molar-refractivity contribution in [2.24, 2.45) is 0 Å². The first-order valence-electron chi connectivity index (χ1n) is 7.86. The molecule has 1 aliphatic carbocycles. The Kier molecular flexibility index (Phi) is 4.85. The summed E-state index contributed by atoms with van der Waals surface area (Å²) in [5.41, 5.74) is 0.778. The van der Waals surface area contributed by atoms with E-state index in [9.17, 15) is 18.0 Å². The zero-order valence-corrected chi connectivity index (χ0v) is 13.0. The number of amides is 1. The summed E-state index contributed by atoms with van der Waals surface area (Å²) in [5, 5.41) is 2.56. The lowest BCUT2D eigenvalue weighted by Crippen LogP contribution is -3.13. The fourth-order valence-corrected chi connectivity index (χ4v) is 2.71. The molecule has 1 saturated carbocycles. The van der Waals surface area contributed by atoms with Gasteiger partial charge < -0.3 is 10.2 Å². The number of quaternary nitrogens is 1. The van der Waals surface area contributed by atoms with Gasteiger partial charge in [-0.2, -0.15) is 0 Å². The van der Waals surface area contributed by atoms with E-state index in [0.717, 1.165) is 29.9 Å². The van der Waals surface area contributed by atoms with E-state index in [0.29, 0.717) is 18.2 Å². The first-order chi connectivity index (χ1) is 11.5. The van der Waals surface area contributed by atoms with Crippen molar-refractivity contribution < 1.29 is 22.9 Å². The molecule has 0 aromatic heterocycles. The van der Waals surface area contributed by atoms with Gasteiger partial charge in [0.15, 0.2) is 18.2 Å². The van der Waals surface area contributed by atoms with Gasteiger partial charge in [0.1, 0.15) is 12.4 Å². The smallest absolute Gasteiger partial charge is 0.279 e. The normalized spacial score (nSPS) is 15.1.